The van der Waals surface area contributed by atoms with E-state index >= 15 is 0 Å². The third-order valence-electron chi connectivity index (χ3n) is 4.77. The quantitative estimate of drug-likeness (QED) is 0.414. The van der Waals surface area contributed by atoms with Crippen LogP contribution in [0.5, 0.6) is 5.75 Å². The number of aromatic amines is 1. The number of H-pyrrole nitrogens is 1. The highest BCUT2D eigenvalue weighted by atomic mass is 32.1. The molecule has 4 aromatic rings. The van der Waals surface area contributed by atoms with Gasteiger partial charge >= 0.3 is 0 Å². The molecular formula is C20H20N6O3S2. The molecule has 0 aliphatic heterocycles. The van der Waals surface area contributed by atoms with Crippen molar-refractivity contribution in [2.24, 2.45) is 0 Å². The molecule has 4 rings (SSSR count). The van der Waals surface area contributed by atoms with Gasteiger partial charge in [0.05, 0.1) is 12.5 Å². The number of thiophene rings is 1. The van der Waals surface area contributed by atoms with E-state index in [-0.39, 0.29) is 17.9 Å². The molecule has 0 saturated heterocycles. The van der Waals surface area contributed by atoms with Gasteiger partial charge in [0.25, 0.3) is 5.56 Å². The van der Waals surface area contributed by atoms with Crippen LogP contribution in [0, 0.1) is 4.77 Å². The van der Waals surface area contributed by atoms with E-state index in [2.05, 4.69) is 20.6 Å². The molecule has 3 aromatic heterocycles. The lowest BCUT2D eigenvalue weighted by molar-refractivity contribution is -0.117. The number of amides is 1. The highest BCUT2D eigenvalue weighted by Gasteiger charge is 2.13. The maximum absolute atomic E-state index is 12.6. The molecule has 0 saturated carbocycles. The topological polar surface area (TPSA) is 107 Å². The number of nitrogens with one attached hydrogen (secondary N) is 2. The van der Waals surface area contributed by atoms with Crippen molar-refractivity contribution in [1.29, 1.82) is 0 Å². The van der Waals surface area contributed by atoms with Crippen LogP contribution in [0.4, 0.5) is 0 Å². The molecule has 9 nitrogen and oxygen atoms in total. The lowest BCUT2D eigenvalue weighted by Crippen LogP contribution is -2.33. The second-order valence-electron chi connectivity index (χ2n) is 6.72. The summed E-state index contributed by atoms with van der Waals surface area (Å²) < 4.78 is 8.45. The predicted molar refractivity (Wildman–Crippen MR) is 122 cm³/mol. The fourth-order valence-electron chi connectivity index (χ4n) is 3.12. The van der Waals surface area contributed by atoms with Crippen molar-refractivity contribution in [2.75, 3.05) is 12.5 Å². The molecule has 0 fully saturated rings. The fourth-order valence-corrected chi connectivity index (χ4v) is 4.26. The van der Waals surface area contributed by atoms with E-state index < -0.39 is 0 Å². The van der Waals surface area contributed by atoms with E-state index in [1.54, 1.807) is 11.7 Å². The monoisotopic (exact) mass is 456 g/mol. The Morgan fingerprint density at radius 3 is 2.81 bits per heavy atom. The molecule has 0 spiro atoms. The van der Waals surface area contributed by atoms with Crippen molar-refractivity contribution < 1.29 is 9.53 Å². The summed E-state index contributed by atoms with van der Waals surface area (Å²) in [5.74, 6) is 1.01. The second-order valence-corrected chi connectivity index (χ2v) is 8.22. The summed E-state index contributed by atoms with van der Waals surface area (Å²) in [6.07, 6.45) is 2.27. The Kier molecular flexibility index (Phi) is 5.96. The number of fused-ring (bicyclic) bond motifs is 1. The smallest absolute Gasteiger partial charge is 0.280 e. The Balaban J connectivity index is 1.49. The van der Waals surface area contributed by atoms with Crippen LogP contribution in [0.15, 0.2) is 41.5 Å². The van der Waals surface area contributed by atoms with Crippen LogP contribution < -0.4 is 15.7 Å². The van der Waals surface area contributed by atoms with E-state index in [1.807, 2.05) is 37.3 Å². The summed E-state index contributed by atoms with van der Waals surface area (Å²) in [6.45, 7) is 2.32. The largest absolute Gasteiger partial charge is 0.497 e. The first-order valence-corrected chi connectivity index (χ1v) is 10.8. The number of benzene rings is 1. The number of rotatable bonds is 7. The Labute approximate surface area is 186 Å². The molecule has 11 heteroatoms. The average molecular weight is 457 g/mol. The molecule has 0 radical (unpaired) electrons. The Morgan fingerprint density at radius 1 is 1.32 bits per heavy atom. The summed E-state index contributed by atoms with van der Waals surface area (Å²) in [6, 6.07) is 9.21. The molecule has 3 heterocycles. The van der Waals surface area contributed by atoms with Crippen LogP contribution in [0.2, 0.25) is 0 Å². The van der Waals surface area contributed by atoms with E-state index in [9.17, 15) is 9.59 Å². The van der Waals surface area contributed by atoms with Crippen molar-refractivity contribution in [3.8, 4) is 17.1 Å². The van der Waals surface area contributed by atoms with Gasteiger partial charge in [-0.05, 0) is 49.0 Å². The summed E-state index contributed by atoms with van der Waals surface area (Å²) in [4.78, 5) is 31.2. The first-order valence-electron chi connectivity index (χ1n) is 9.59. The standard InChI is InChI=1S/C20H20N6O3S2/c1-3-14-10-15-18(31-14)21-11-26(19(15)28)24-16(27)8-9-25-17(22-23-20(25)30)12-4-6-13(29-2)7-5-12/h4-7,10-11H,3,8-9H2,1-2H3,(H,23,30)(H,24,27). The van der Waals surface area contributed by atoms with Crippen LogP contribution in [0.1, 0.15) is 18.2 Å². The van der Waals surface area contributed by atoms with Crippen LogP contribution in [-0.2, 0) is 17.8 Å². The number of nitrogens with zero attached hydrogens (tertiary/aromatic N) is 4. The number of ether oxygens (including phenoxy) is 1. The van der Waals surface area contributed by atoms with Gasteiger partial charge in [0.2, 0.25) is 5.91 Å². The third kappa shape index (κ3) is 4.28. The Bertz CT molecular complexity index is 1350. The zero-order valence-corrected chi connectivity index (χ0v) is 18.5. The summed E-state index contributed by atoms with van der Waals surface area (Å²) in [5, 5.41) is 7.54. The van der Waals surface area contributed by atoms with Gasteiger partial charge < -0.3 is 4.74 Å². The number of hydrogen-bond acceptors (Lipinski definition) is 7. The van der Waals surface area contributed by atoms with E-state index in [1.165, 1.54) is 17.7 Å². The van der Waals surface area contributed by atoms with Crippen molar-refractivity contribution in [3.63, 3.8) is 0 Å². The maximum Gasteiger partial charge on any atom is 0.280 e. The first-order chi connectivity index (χ1) is 15.0. The van der Waals surface area contributed by atoms with Crippen LogP contribution in [0.3, 0.4) is 0 Å². The molecule has 31 heavy (non-hydrogen) atoms. The fraction of sp³-hybridized carbons (Fsp3) is 0.250. The Hall–Kier alpha value is -3.31. The minimum Gasteiger partial charge on any atom is -0.497 e. The number of hydrogen-bond donors (Lipinski definition) is 2. The molecule has 0 aliphatic carbocycles. The van der Waals surface area contributed by atoms with Crippen LogP contribution in [-0.4, -0.2) is 37.4 Å². The van der Waals surface area contributed by atoms with E-state index in [0.717, 1.165) is 27.3 Å². The number of methoxy groups -OCH3 is 1. The van der Waals surface area contributed by atoms with Gasteiger partial charge in [0, 0.05) is 23.4 Å². The molecule has 1 amide bonds. The SMILES string of the molecule is CCc1cc2c(=O)n(NC(=O)CCn3c(-c4ccc(OC)cc4)n[nH]c3=S)cnc2s1. The zero-order chi connectivity index (χ0) is 22.0. The lowest BCUT2D eigenvalue weighted by atomic mass is 10.2. The molecule has 2 N–H and O–H groups in total. The second kappa shape index (κ2) is 8.82. The molecule has 0 aliphatic rings. The Morgan fingerprint density at radius 2 is 2.10 bits per heavy atom. The predicted octanol–water partition coefficient (Wildman–Crippen LogP) is 3.11. The highest BCUT2D eigenvalue weighted by molar-refractivity contribution is 7.71. The van der Waals surface area contributed by atoms with Crippen molar-refractivity contribution >= 4 is 39.7 Å². The average Bonchev–Trinajstić information content (AvgIpc) is 3.38. The molecule has 160 valence electrons. The first kappa shape index (κ1) is 20.9. The van der Waals surface area contributed by atoms with Gasteiger partial charge in [-0.15, -0.1) is 11.3 Å². The zero-order valence-electron chi connectivity index (χ0n) is 16.9. The molecule has 0 bridgehead atoms. The third-order valence-corrected chi connectivity index (χ3v) is 6.26. The number of aromatic nitrogens is 5. The molecular weight excluding hydrogens is 436 g/mol. The van der Waals surface area contributed by atoms with Crippen molar-refractivity contribution in [3.05, 3.63) is 56.7 Å². The van der Waals surface area contributed by atoms with Gasteiger partial charge in [-0.2, -0.15) is 5.10 Å². The maximum atomic E-state index is 12.6. The minimum atomic E-state index is -0.335. The highest BCUT2D eigenvalue weighted by Crippen LogP contribution is 2.22. The number of aryl methyl sites for hydroxylation is 1. The molecule has 0 atom stereocenters. The van der Waals surface area contributed by atoms with Crippen molar-refractivity contribution in [1.82, 2.24) is 24.4 Å². The molecule has 0 unspecified atom stereocenters. The summed E-state index contributed by atoms with van der Waals surface area (Å²) >= 11 is 6.80. The van der Waals surface area contributed by atoms with Gasteiger partial charge in [-0.3, -0.25) is 24.7 Å². The number of carbonyl (C=O) groups excluding carboxylic acids is 1. The number of carbonyl (C=O) groups is 1. The van der Waals surface area contributed by atoms with Crippen LogP contribution >= 0.6 is 23.6 Å². The minimum absolute atomic E-state index is 0.102. The van der Waals surface area contributed by atoms with Crippen LogP contribution in [0.25, 0.3) is 21.6 Å². The molecule has 1 aromatic carbocycles. The van der Waals surface area contributed by atoms with E-state index in [0.29, 0.717) is 27.4 Å². The van der Waals surface area contributed by atoms with Gasteiger partial charge in [0.15, 0.2) is 10.6 Å². The summed E-state index contributed by atoms with van der Waals surface area (Å²) in [7, 11) is 1.60. The van der Waals surface area contributed by atoms with Crippen molar-refractivity contribution in [2.45, 2.75) is 26.3 Å². The van der Waals surface area contributed by atoms with Gasteiger partial charge in [-0.1, -0.05) is 6.92 Å². The van der Waals surface area contributed by atoms with Gasteiger partial charge in [-0.25, -0.2) is 9.66 Å². The van der Waals surface area contributed by atoms with E-state index in [4.69, 9.17) is 17.0 Å². The summed E-state index contributed by atoms with van der Waals surface area (Å²) in [5.41, 5.74) is 3.14. The lowest BCUT2D eigenvalue weighted by Gasteiger charge is -2.09. The normalized spacial score (nSPS) is 11.0. The van der Waals surface area contributed by atoms with Gasteiger partial charge in [0.1, 0.15) is 16.9 Å².